The van der Waals surface area contributed by atoms with Gasteiger partial charge in [-0.25, -0.2) is 8.78 Å². The Labute approximate surface area is 135 Å². The molecule has 1 aliphatic carbocycles. The van der Waals surface area contributed by atoms with E-state index in [2.05, 4.69) is 27.3 Å². The van der Waals surface area contributed by atoms with Crippen molar-refractivity contribution >= 4 is 27.7 Å². The predicted molar refractivity (Wildman–Crippen MR) is 84.5 cm³/mol. The van der Waals surface area contributed by atoms with Crippen molar-refractivity contribution in [3.8, 4) is 0 Å². The molecule has 1 N–H and O–H groups in total. The summed E-state index contributed by atoms with van der Waals surface area (Å²) in [7, 11) is 0. The molecule has 0 heterocycles. The maximum atomic E-state index is 13.3. The van der Waals surface area contributed by atoms with Crippen LogP contribution in [0.25, 0.3) is 0 Å². The Morgan fingerprint density at radius 3 is 2.62 bits per heavy atom. The zero-order chi connectivity index (χ0) is 14.8. The van der Waals surface area contributed by atoms with E-state index in [9.17, 15) is 8.78 Å². The summed E-state index contributed by atoms with van der Waals surface area (Å²) in [6.45, 7) is 0.796. The van der Waals surface area contributed by atoms with Crippen LogP contribution >= 0.6 is 27.7 Å². The van der Waals surface area contributed by atoms with E-state index >= 15 is 0 Å². The minimum Gasteiger partial charge on any atom is -0.310 e. The highest BCUT2D eigenvalue weighted by Gasteiger charge is 2.20. The third-order valence-electron chi connectivity index (χ3n) is 3.31. The SMILES string of the molecule is Fc1ccc(Sc2cc(Br)ccc2CNC2CC2)cc1F. The summed E-state index contributed by atoms with van der Waals surface area (Å²) in [5.41, 5.74) is 1.17. The third-order valence-corrected chi connectivity index (χ3v) is 4.89. The predicted octanol–water partition coefficient (Wildman–Crippen LogP) is 5.13. The second-order valence-corrected chi connectivity index (χ2v) is 7.12. The molecule has 2 aromatic rings. The second-order valence-electron chi connectivity index (χ2n) is 5.09. The molecule has 0 unspecified atom stereocenters. The van der Waals surface area contributed by atoms with E-state index in [-0.39, 0.29) is 0 Å². The number of nitrogens with one attached hydrogen (secondary N) is 1. The van der Waals surface area contributed by atoms with Crippen LogP contribution in [-0.2, 0) is 6.54 Å². The van der Waals surface area contributed by atoms with Gasteiger partial charge in [-0.15, -0.1) is 0 Å². The average Bonchev–Trinajstić information content (AvgIpc) is 3.26. The van der Waals surface area contributed by atoms with Crippen molar-refractivity contribution in [2.24, 2.45) is 0 Å². The van der Waals surface area contributed by atoms with Crippen molar-refractivity contribution < 1.29 is 8.78 Å². The lowest BCUT2D eigenvalue weighted by Gasteiger charge is -2.11. The Hall–Kier alpha value is -0.910. The lowest BCUT2D eigenvalue weighted by molar-refractivity contribution is 0.506. The largest absolute Gasteiger partial charge is 0.310 e. The molecule has 1 nitrogen and oxygen atoms in total. The van der Waals surface area contributed by atoms with Crippen LogP contribution in [0.2, 0.25) is 0 Å². The molecule has 21 heavy (non-hydrogen) atoms. The fraction of sp³-hybridized carbons (Fsp3) is 0.250. The first-order valence-corrected chi connectivity index (χ1v) is 8.37. The van der Waals surface area contributed by atoms with Gasteiger partial charge < -0.3 is 5.32 Å². The molecular formula is C16H14BrF2NS. The Balaban J connectivity index is 1.81. The van der Waals surface area contributed by atoms with Gasteiger partial charge in [-0.1, -0.05) is 33.8 Å². The lowest BCUT2D eigenvalue weighted by Crippen LogP contribution is -2.15. The molecule has 0 aromatic heterocycles. The van der Waals surface area contributed by atoms with Crippen molar-refractivity contribution in [1.29, 1.82) is 0 Å². The van der Waals surface area contributed by atoms with Gasteiger partial charge in [-0.3, -0.25) is 0 Å². The maximum absolute atomic E-state index is 13.3. The summed E-state index contributed by atoms with van der Waals surface area (Å²) in [4.78, 5) is 1.74. The molecule has 1 aliphatic rings. The van der Waals surface area contributed by atoms with Crippen molar-refractivity contribution in [1.82, 2.24) is 5.32 Å². The highest BCUT2D eigenvalue weighted by molar-refractivity contribution is 9.10. The monoisotopic (exact) mass is 369 g/mol. The molecule has 1 saturated carbocycles. The van der Waals surface area contributed by atoms with E-state index in [0.29, 0.717) is 10.9 Å². The maximum Gasteiger partial charge on any atom is 0.159 e. The van der Waals surface area contributed by atoms with Crippen molar-refractivity contribution in [3.05, 3.63) is 58.1 Å². The van der Waals surface area contributed by atoms with E-state index < -0.39 is 11.6 Å². The molecule has 0 bridgehead atoms. The first kappa shape index (κ1) is 15.0. The Kier molecular flexibility index (Phi) is 4.62. The first-order valence-electron chi connectivity index (χ1n) is 6.76. The van der Waals surface area contributed by atoms with Crippen LogP contribution in [0.4, 0.5) is 8.78 Å². The van der Waals surface area contributed by atoms with Crippen molar-refractivity contribution in [2.75, 3.05) is 0 Å². The topological polar surface area (TPSA) is 12.0 Å². The zero-order valence-corrected chi connectivity index (χ0v) is 13.6. The first-order chi connectivity index (χ1) is 10.1. The lowest BCUT2D eigenvalue weighted by atomic mass is 10.2. The quantitative estimate of drug-likeness (QED) is 0.783. The van der Waals surface area contributed by atoms with Gasteiger partial charge in [0.25, 0.3) is 0 Å². The molecular weight excluding hydrogens is 356 g/mol. The van der Waals surface area contributed by atoms with Gasteiger partial charge in [0.2, 0.25) is 0 Å². The zero-order valence-electron chi connectivity index (χ0n) is 11.2. The van der Waals surface area contributed by atoms with Crippen molar-refractivity contribution in [3.63, 3.8) is 0 Å². The van der Waals surface area contributed by atoms with Crippen LogP contribution in [0.1, 0.15) is 18.4 Å². The molecule has 0 saturated heterocycles. The number of halogens is 3. The van der Waals surface area contributed by atoms with E-state index in [4.69, 9.17) is 0 Å². The van der Waals surface area contributed by atoms with Gasteiger partial charge in [0.1, 0.15) is 0 Å². The molecule has 0 amide bonds. The van der Waals surface area contributed by atoms with Gasteiger partial charge in [0, 0.05) is 26.9 Å². The van der Waals surface area contributed by atoms with E-state index in [1.807, 2.05) is 12.1 Å². The molecule has 1 fully saturated rings. The van der Waals surface area contributed by atoms with E-state index in [1.54, 1.807) is 6.07 Å². The minimum absolute atomic E-state index is 0.634. The summed E-state index contributed by atoms with van der Waals surface area (Å²) in [6, 6.07) is 10.7. The fourth-order valence-corrected chi connectivity index (χ4v) is 3.50. The van der Waals surface area contributed by atoms with Crippen molar-refractivity contribution in [2.45, 2.75) is 35.2 Å². The molecule has 3 rings (SSSR count). The van der Waals surface area contributed by atoms with Crippen LogP contribution in [0, 0.1) is 11.6 Å². The summed E-state index contributed by atoms with van der Waals surface area (Å²) in [5, 5.41) is 3.48. The highest BCUT2D eigenvalue weighted by Crippen LogP contribution is 2.33. The fourth-order valence-electron chi connectivity index (χ4n) is 1.98. The van der Waals surface area contributed by atoms with E-state index in [1.165, 1.54) is 36.2 Å². The molecule has 0 aliphatic heterocycles. The third kappa shape index (κ3) is 4.05. The van der Waals surface area contributed by atoms with Gasteiger partial charge in [0.05, 0.1) is 0 Å². The number of rotatable bonds is 5. The molecule has 0 spiro atoms. The van der Waals surface area contributed by atoms with Crippen LogP contribution in [0.15, 0.2) is 50.7 Å². The van der Waals surface area contributed by atoms with Gasteiger partial charge in [-0.2, -0.15) is 0 Å². The number of hydrogen-bond donors (Lipinski definition) is 1. The number of hydrogen-bond acceptors (Lipinski definition) is 2. The smallest absolute Gasteiger partial charge is 0.159 e. The van der Waals surface area contributed by atoms with Gasteiger partial charge in [-0.05, 0) is 48.7 Å². The summed E-state index contributed by atoms with van der Waals surface area (Å²) >= 11 is 4.91. The average molecular weight is 370 g/mol. The number of benzene rings is 2. The van der Waals surface area contributed by atoms with E-state index in [0.717, 1.165) is 22.0 Å². The molecule has 0 atom stereocenters. The Bertz CT molecular complexity index is 659. The van der Waals surface area contributed by atoms with Gasteiger partial charge >= 0.3 is 0 Å². The normalized spacial score (nSPS) is 14.4. The highest BCUT2D eigenvalue weighted by atomic mass is 79.9. The second kappa shape index (κ2) is 6.46. The Morgan fingerprint density at radius 2 is 1.90 bits per heavy atom. The van der Waals surface area contributed by atoms with Crippen LogP contribution < -0.4 is 5.32 Å². The van der Waals surface area contributed by atoms with Crippen LogP contribution in [0.3, 0.4) is 0 Å². The summed E-state index contributed by atoms with van der Waals surface area (Å²) in [6.07, 6.45) is 2.48. The standard InChI is InChI=1S/C16H14BrF2NS/c17-11-2-1-10(9-20-12-3-4-12)16(7-11)21-13-5-6-14(18)15(19)8-13/h1-2,5-8,12,20H,3-4,9H2. The molecule has 110 valence electrons. The summed E-state index contributed by atoms with van der Waals surface area (Å²) in [5.74, 6) is -1.63. The van der Waals surface area contributed by atoms with Gasteiger partial charge in [0.15, 0.2) is 11.6 Å². The molecule has 2 aromatic carbocycles. The Morgan fingerprint density at radius 1 is 1.10 bits per heavy atom. The van der Waals surface area contributed by atoms with Crippen LogP contribution in [0.5, 0.6) is 0 Å². The molecule has 5 heteroatoms. The summed E-state index contributed by atoms with van der Waals surface area (Å²) < 4.78 is 27.3. The minimum atomic E-state index is -0.816. The molecule has 0 radical (unpaired) electrons. The van der Waals surface area contributed by atoms with Crippen LogP contribution in [-0.4, -0.2) is 6.04 Å².